The van der Waals surface area contributed by atoms with Gasteiger partial charge in [-0.2, -0.15) is 0 Å². The Hall–Kier alpha value is -0.370. The van der Waals surface area contributed by atoms with Gasteiger partial charge in [-0.3, -0.25) is 4.79 Å². The zero-order valence-electron chi connectivity index (χ0n) is 15.2. The molecule has 4 aliphatic rings. The Kier molecular flexibility index (Phi) is 3.72. The molecular weight excluding hydrogens is 284 g/mol. The molecule has 0 aromatic rings. The molecule has 4 fully saturated rings. The van der Waals surface area contributed by atoms with E-state index in [1.165, 1.54) is 38.5 Å². The van der Waals surface area contributed by atoms with Crippen molar-refractivity contribution in [3.05, 3.63) is 0 Å². The molecule has 2 nitrogen and oxygen atoms in total. The van der Waals surface area contributed by atoms with Crippen molar-refractivity contribution < 1.29 is 9.90 Å². The van der Waals surface area contributed by atoms with Crippen LogP contribution in [0.25, 0.3) is 0 Å². The van der Waals surface area contributed by atoms with Gasteiger partial charge < -0.3 is 5.11 Å². The Balaban J connectivity index is 1.63. The molecule has 130 valence electrons. The molecule has 0 radical (unpaired) electrons. The molecule has 0 heterocycles. The van der Waals surface area contributed by atoms with Crippen LogP contribution in [0, 0.1) is 40.4 Å². The van der Waals surface area contributed by atoms with E-state index in [4.69, 9.17) is 0 Å². The summed E-state index contributed by atoms with van der Waals surface area (Å²) in [5, 5.41) is 10.9. The number of hydrogen-bond acceptors (Lipinski definition) is 2. The minimum absolute atomic E-state index is 0.110. The molecule has 1 N–H and O–H groups in total. The second-order valence-electron chi connectivity index (χ2n) is 9.94. The lowest BCUT2D eigenvalue weighted by molar-refractivity contribution is -0.173. The third-order valence-electron chi connectivity index (χ3n) is 9.07. The van der Waals surface area contributed by atoms with Crippen molar-refractivity contribution in [1.29, 1.82) is 0 Å². The predicted octanol–water partition coefficient (Wildman–Crippen LogP) is 4.60. The summed E-state index contributed by atoms with van der Waals surface area (Å²) in [7, 11) is 0. The van der Waals surface area contributed by atoms with Gasteiger partial charge in [0.05, 0.1) is 6.10 Å². The fraction of sp³-hybridized carbons (Fsp3) is 0.952. The van der Waals surface area contributed by atoms with E-state index in [1.54, 1.807) is 0 Å². The smallest absolute Gasteiger partial charge is 0.133 e. The van der Waals surface area contributed by atoms with Crippen LogP contribution in [-0.4, -0.2) is 17.0 Å². The van der Waals surface area contributed by atoms with Gasteiger partial charge >= 0.3 is 0 Å². The number of aliphatic hydroxyl groups excluding tert-OH is 1. The van der Waals surface area contributed by atoms with E-state index in [-0.39, 0.29) is 11.5 Å². The molecule has 23 heavy (non-hydrogen) atoms. The zero-order chi connectivity index (χ0) is 16.4. The molecule has 0 bridgehead atoms. The summed E-state index contributed by atoms with van der Waals surface area (Å²) in [5.41, 5.74) is 0.540. The molecule has 0 unspecified atom stereocenters. The van der Waals surface area contributed by atoms with Crippen molar-refractivity contribution >= 4 is 5.78 Å². The first-order valence-electron chi connectivity index (χ1n) is 10.1. The first kappa shape index (κ1) is 16.1. The minimum atomic E-state index is -0.110. The molecule has 4 aliphatic carbocycles. The number of hydrogen-bond donors (Lipinski definition) is 1. The molecule has 0 aliphatic heterocycles. The second kappa shape index (κ2) is 5.31. The van der Waals surface area contributed by atoms with Crippen LogP contribution in [0.2, 0.25) is 0 Å². The highest BCUT2D eigenvalue weighted by molar-refractivity contribution is 5.79. The summed E-state index contributed by atoms with van der Waals surface area (Å²) >= 11 is 0. The Morgan fingerprint density at radius 1 is 0.957 bits per heavy atom. The van der Waals surface area contributed by atoms with Crippen molar-refractivity contribution in [1.82, 2.24) is 0 Å². The molecular formula is C21H34O2. The molecule has 4 rings (SSSR count). The van der Waals surface area contributed by atoms with E-state index in [0.29, 0.717) is 29.0 Å². The average molecular weight is 319 g/mol. The van der Waals surface area contributed by atoms with Crippen molar-refractivity contribution in [2.45, 2.75) is 84.7 Å². The van der Waals surface area contributed by atoms with E-state index in [2.05, 4.69) is 20.8 Å². The van der Waals surface area contributed by atoms with Gasteiger partial charge in [0.25, 0.3) is 0 Å². The molecule has 0 aromatic carbocycles. The van der Waals surface area contributed by atoms with Gasteiger partial charge in [0.1, 0.15) is 5.78 Å². The fourth-order valence-corrected chi connectivity index (χ4v) is 7.55. The van der Waals surface area contributed by atoms with Crippen molar-refractivity contribution in [3.8, 4) is 0 Å². The second-order valence-corrected chi connectivity index (χ2v) is 9.94. The van der Waals surface area contributed by atoms with E-state index in [9.17, 15) is 9.90 Å². The summed E-state index contributed by atoms with van der Waals surface area (Å²) in [6.07, 6.45) is 10.2. The van der Waals surface area contributed by atoms with Crippen LogP contribution in [-0.2, 0) is 4.79 Å². The van der Waals surface area contributed by atoms with Gasteiger partial charge in [0.15, 0.2) is 0 Å². The molecule has 0 aromatic heterocycles. The van der Waals surface area contributed by atoms with E-state index in [0.717, 1.165) is 31.1 Å². The highest BCUT2D eigenvalue weighted by Crippen LogP contribution is 2.65. The number of carbonyl (C=O) groups is 1. The van der Waals surface area contributed by atoms with Crippen molar-refractivity contribution in [2.24, 2.45) is 40.4 Å². The van der Waals surface area contributed by atoms with Crippen molar-refractivity contribution in [2.75, 3.05) is 0 Å². The highest BCUT2D eigenvalue weighted by atomic mass is 16.3. The van der Waals surface area contributed by atoms with Gasteiger partial charge in [0, 0.05) is 12.8 Å². The summed E-state index contributed by atoms with van der Waals surface area (Å²) < 4.78 is 0. The maximum absolute atomic E-state index is 11.9. The lowest BCUT2D eigenvalue weighted by atomic mass is 9.42. The third-order valence-corrected chi connectivity index (χ3v) is 9.07. The van der Waals surface area contributed by atoms with Crippen molar-refractivity contribution in [3.63, 3.8) is 0 Å². The number of Topliss-reactive ketones (excluding diaryl/α,β-unsaturated/α-hetero) is 1. The van der Waals surface area contributed by atoms with Gasteiger partial charge in [-0.15, -0.1) is 0 Å². The summed E-state index contributed by atoms with van der Waals surface area (Å²) in [6.45, 7) is 7.13. The third kappa shape index (κ3) is 2.19. The summed E-state index contributed by atoms with van der Waals surface area (Å²) in [5.74, 6) is 3.92. The van der Waals surface area contributed by atoms with Gasteiger partial charge in [0.2, 0.25) is 0 Å². The SMILES string of the molecule is C[C@@H]1CC[C@H]2[C@@H]3CC[C@H]4CC(=O)CC[C@]4(C)[C@H]3CC[C@]2(C)[C@H]1O. The van der Waals surface area contributed by atoms with E-state index >= 15 is 0 Å². The van der Waals surface area contributed by atoms with E-state index < -0.39 is 0 Å². The van der Waals surface area contributed by atoms with Gasteiger partial charge in [-0.25, -0.2) is 0 Å². The first-order chi connectivity index (χ1) is 10.9. The fourth-order valence-electron chi connectivity index (χ4n) is 7.55. The maximum atomic E-state index is 11.9. The van der Waals surface area contributed by atoms with Crippen LogP contribution in [0.4, 0.5) is 0 Å². The average Bonchev–Trinajstić information content (AvgIpc) is 2.52. The van der Waals surface area contributed by atoms with Crippen LogP contribution in [0.3, 0.4) is 0 Å². The zero-order valence-corrected chi connectivity index (χ0v) is 15.2. The molecule has 0 spiro atoms. The standard InChI is InChI=1S/C21H34O2/c1-13-4-7-17-16-6-5-14-12-15(22)8-10-20(14,2)18(16)9-11-21(17,3)19(13)23/h13-14,16-19,23H,4-12H2,1-3H3/t13-,14+,16+,17+,18+,19+,20+,21+/m1/s1. The lowest BCUT2D eigenvalue weighted by Crippen LogP contribution is -2.58. The van der Waals surface area contributed by atoms with Crippen LogP contribution in [0.5, 0.6) is 0 Å². The quantitative estimate of drug-likeness (QED) is 0.709. The lowest BCUT2D eigenvalue weighted by Gasteiger charge is -2.63. The highest BCUT2D eigenvalue weighted by Gasteiger charge is 2.59. The minimum Gasteiger partial charge on any atom is -0.392 e. The molecule has 0 amide bonds. The molecule has 2 heteroatoms. The number of ketones is 1. The van der Waals surface area contributed by atoms with E-state index in [1.807, 2.05) is 0 Å². The van der Waals surface area contributed by atoms with Crippen LogP contribution in [0.1, 0.15) is 78.6 Å². The maximum Gasteiger partial charge on any atom is 0.133 e. The summed E-state index contributed by atoms with van der Waals surface area (Å²) in [4.78, 5) is 11.9. The topological polar surface area (TPSA) is 37.3 Å². The number of aliphatic hydroxyl groups is 1. The number of carbonyl (C=O) groups excluding carboxylic acids is 1. The summed E-state index contributed by atoms with van der Waals surface area (Å²) in [6, 6.07) is 0. The molecule has 8 atom stereocenters. The first-order valence-corrected chi connectivity index (χ1v) is 10.1. The molecule has 0 saturated heterocycles. The van der Waals surface area contributed by atoms with Gasteiger partial charge in [-0.05, 0) is 85.4 Å². The van der Waals surface area contributed by atoms with Gasteiger partial charge in [-0.1, -0.05) is 20.8 Å². The Morgan fingerprint density at radius 3 is 2.48 bits per heavy atom. The number of rotatable bonds is 0. The van der Waals surface area contributed by atoms with Crippen LogP contribution >= 0.6 is 0 Å². The Morgan fingerprint density at radius 2 is 1.70 bits per heavy atom. The molecule has 4 saturated carbocycles. The van der Waals surface area contributed by atoms with Crippen LogP contribution < -0.4 is 0 Å². The monoisotopic (exact) mass is 318 g/mol. The Labute approximate surface area is 141 Å². The normalized spacial score (nSPS) is 56.4. The Bertz CT molecular complexity index is 500. The number of fused-ring (bicyclic) bond motifs is 5. The largest absolute Gasteiger partial charge is 0.392 e. The van der Waals surface area contributed by atoms with Crippen LogP contribution in [0.15, 0.2) is 0 Å². The predicted molar refractivity (Wildman–Crippen MR) is 91.9 cm³/mol.